The van der Waals surface area contributed by atoms with E-state index in [0.29, 0.717) is 29.4 Å². The highest BCUT2D eigenvalue weighted by Crippen LogP contribution is 2.48. The number of allylic oxidation sites excluding steroid dienone is 2. The van der Waals surface area contributed by atoms with E-state index in [1.54, 1.807) is 6.07 Å². The van der Waals surface area contributed by atoms with E-state index in [4.69, 9.17) is 4.74 Å². The largest absolute Gasteiger partial charge is 0.420 e. The molecule has 2 fully saturated rings. The SMILES string of the molecule is C/C=C/C1CCC2CC(c3ccc(C(=O)Oc4ccc(F)cc4F)cc3F)CCC2C1. The quantitative estimate of drug-likeness (QED) is 0.292. The van der Waals surface area contributed by atoms with Crippen LogP contribution in [0.2, 0.25) is 0 Å². The minimum absolute atomic E-state index is 0.00511. The predicted octanol–water partition coefficient (Wildman–Crippen LogP) is 7.20. The molecule has 5 heteroatoms. The van der Waals surface area contributed by atoms with Crippen molar-refractivity contribution in [3.63, 3.8) is 0 Å². The van der Waals surface area contributed by atoms with Crippen LogP contribution in [0.4, 0.5) is 13.2 Å². The Balaban J connectivity index is 1.43. The van der Waals surface area contributed by atoms with Crippen LogP contribution in [0, 0.1) is 35.2 Å². The molecular weight excluding hydrogens is 401 g/mol. The summed E-state index contributed by atoms with van der Waals surface area (Å²) in [7, 11) is 0. The lowest BCUT2D eigenvalue weighted by Gasteiger charge is -2.41. The van der Waals surface area contributed by atoms with Gasteiger partial charge in [0.05, 0.1) is 5.56 Å². The van der Waals surface area contributed by atoms with Gasteiger partial charge in [0.1, 0.15) is 11.6 Å². The first kappa shape index (κ1) is 21.7. The highest BCUT2D eigenvalue weighted by atomic mass is 19.1. The van der Waals surface area contributed by atoms with E-state index >= 15 is 0 Å². The fourth-order valence-corrected chi connectivity index (χ4v) is 5.36. The van der Waals surface area contributed by atoms with Gasteiger partial charge in [-0.2, -0.15) is 0 Å². The number of hydrogen-bond donors (Lipinski definition) is 0. The summed E-state index contributed by atoms with van der Waals surface area (Å²) in [5.41, 5.74) is 0.643. The van der Waals surface area contributed by atoms with E-state index in [2.05, 4.69) is 19.1 Å². The van der Waals surface area contributed by atoms with E-state index in [-0.39, 0.29) is 17.2 Å². The molecule has 0 heterocycles. The molecule has 0 bridgehead atoms. The number of ether oxygens (including phenoxy) is 1. The summed E-state index contributed by atoms with van der Waals surface area (Å²) in [5.74, 6) is -1.26. The van der Waals surface area contributed by atoms with Crippen molar-refractivity contribution in [1.29, 1.82) is 0 Å². The number of carbonyl (C=O) groups is 1. The Kier molecular flexibility index (Phi) is 6.49. The summed E-state index contributed by atoms with van der Waals surface area (Å²) in [6, 6.07) is 7.01. The molecule has 4 rings (SSSR count). The van der Waals surface area contributed by atoms with Gasteiger partial charge < -0.3 is 4.74 Å². The fraction of sp³-hybridized carbons (Fsp3) is 0.423. The Hall–Kier alpha value is -2.56. The van der Waals surface area contributed by atoms with Gasteiger partial charge >= 0.3 is 5.97 Å². The molecule has 2 aliphatic carbocycles. The number of benzene rings is 2. The van der Waals surface area contributed by atoms with E-state index in [1.807, 2.05) is 0 Å². The summed E-state index contributed by atoms with van der Waals surface area (Å²) in [4.78, 5) is 12.3. The molecule has 2 aliphatic rings. The molecule has 4 atom stereocenters. The maximum atomic E-state index is 14.9. The molecule has 2 aromatic carbocycles. The zero-order chi connectivity index (χ0) is 22.0. The van der Waals surface area contributed by atoms with Gasteiger partial charge in [-0.15, -0.1) is 0 Å². The highest BCUT2D eigenvalue weighted by molar-refractivity contribution is 5.91. The standard InChI is InChI=1S/C26H27F3O2/c1-2-3-16-4-5-18-13-19(7-6-17(18)12-16)22-10-8-20(14-23(22)28)26(30)31-25-11-9-21(27)15-24(25)29/h2-3,8-11,14-19H,4-7,12-13H2,1H3/b3-2+. The first-order valence-electron chi connectivity index (χ1n) is 11.0. The maximum Gasteiger partial charge on any atom is 0.343 e. The van der Waals surface area contributed by atoms with Crippen LogP contribution in [0.3, 0.4) is 0 Å². The smallest absolute Gasteiger partial charge is 0.343 e. The zero-order valence-corrected chi connectivity index (χ0v) is 17.6. The third-order valence-corrected chi connectivity index (χ3v) is 6.89. The van der Waals surface area contributed by atoms with Crippen LogP contribution in [0.1, 0.15) is 67.3 Å². The Morgan fingerprint density at radius 1 is 0.935 bits per heavy atom. The highest BCUT2D eigenvalue weighted by Gasteiger charge is 2.36. The number of fused-ring (bicyclic) bond motifs is 1. The van der Waals surface area contributed by atoms with Gasteiger partial charge in [0.15, 0.2) is 11.6 Å². The summed E-state index contributed by atoms with van der Waals surface area (Å²) in [5, 5.41) is 0. The second kappa shape index (κ2) is 9.29. The minimum atomic E-state index is -0.980. The van der Waals surface area contributed by atoms with E-state index in [9.17, 15) is 18.0 Å². The first-order chi connectivity index (χ1) is 14.9. The topological polar surface area (TPSA) is 26.3 Å². The van der Waals surface area contributed by atoms with Crippen LogP contribution in [-0.2, 0) is 0 Å². The van der Waals surface area contributed by atoms with Crippen LogP contribution in [0.5, 0.6) is 5.75 Å². The van der Waals surface area contributed by atoms with Crippen molar-refractivity contribution in [2.24, 2.45) is 17.8 Å². The molecule has 0 radical (unpaired) electrons. The molecule has 2 nitrogen and oxygen atoms in total. The van der Waals surface area contributed by atoms with Crippen molar-refractivity contribution in [2.75, 3.05) is 0 Å². The van der Waals surface area contributed by atoms with Crippen LogP contribution in [-0.4, -0.2) is 5.97 Å². The van der Waals surface area contributed by atoms with Crippen molar-refractivity contribution in [3.05, 3.63) is 77.1 Å². The minimum Gasteiger partial charge on any atom is -0.420 e. The summed E-state index contributed by atoms with van der Waals surface area (Å²) in [6.45, 7) is 2.07. The van der Waals surface area contributed by atoms with Crippen molar-refractivity contribution >= 4 is 5.97 Å². The molecule has 31 heavy (non-hydrogen) atoms. The monoisotopic (exact) mass is 428 g/mol. The van der Waals surface area contributed by atoms with E-state index in [1.165, 1.54) is 25.3 Å². The summed E-state index contributed by atoms with van der Waals surface area (Å²) < 4.78 is 46.6. The molecule has 2 aromatic rings. The molecule has 0 amide bonds. The molecule has 0 saturated heterocycles. The van der Waals surface area contributed by atoms with Crippen LogP contribution in [0.15, 0.2) is 48.6 Å². The van der Waals surface area contributed by atoms with Crippen LogP contribution < -0.4 is 4.74 Å². The van der Waals surface area contributed by atoms with Crippen molar-refractivity contribution < 1.29 is 22.7 Å². The lowest BCUT2D eigenvalue weighted by molar-refractivity contribution is 0.0727. The number of hydrogen-bond acceptors (Lipinski definition) is 2. The van der Waals surface area contributed by atoms with E-state index < -0.39 is 23.4 Å². The molecule has 0 N–H and O–H groups in total. The Labute approximate surface area is 181 Å². The summed E-state index contributed by atoms with van der Waals surface area (Å²) in [6.07, 6.45) is 11.1. The van der Waals surface area contributed by atoms with Gasteiger partial charge in [0.25, 0.3) is 0 Å². The van der Waals surface area contributed by atoms with Gasteiger partial charge in [0, 0.05) is 6.07 Å². The number of esters is 1. The first-order valence-corrected chi connectivity index (χ1v) is 11.0. The second-order valence-electron chi connectivity index (χ2n) is 8.83. The Bertz CT molecular complexity index is 985. The third kappa shape index (κ3) is 4.86. The second-order valence-corrected chi connectivity index (χ2v) is 8.83. The maximum absolute atomic E-state index is 14.9. The van der Waals surface area contributed by atoms with Crippen LogP contribution >= 0.6 is 0 Å². The Morgan fingerprint density at radius 2 is 1.71 bits per heavy atom. The average molecular weight is 428 g/mol. The summed E-state index contributed by atoms with van der Waals surface area (Å²) >= 11 is 0. The third-order valence-electron chi connectivity index (χ3n) is 6.89. The molecule has 2 saturated carbocycles. The van der Waals surface area contributed by atoms with Gasteiger partial charge in [-0.3, -0.25) is 0 Å². The lowest BCUT2D eigenvalue weighted by atomic mass is 9.64. The normalized spacial score (nSPS) is 25.9. The lowest BCUT2D eigenvalue weighted by Crippen LogP contribution is -2.30. The van der Waals surface area contributed by atoms with Gasteiger partial charge in [-0.05, 0) is 98.9 Å². The van der Waals surface area contributed by atoms with Crippen molar-refractivity contribution in [1.82, 2.24) is 0 Å². The number of halogens is 3. The van der Waals surface area contributed by atoms with Crippen molar-refractivity contribution in [2.45, 2.75) is 51.4 Å². The molecule has 0 aliphatic heterocycles. The van der Waals surface area contributed by atoms with Crippen LogP contribution in [0.25, 0.3) is 0 Å². The van der Waals surface area contributed by atoms with E-state index in [0.717, 1.165) is 37.5 Å². The Morgan fingerprint density at radius 3 is 2.45 bits per heavy atom. The zero-order valence-electron chi connectivity index (χ0n) is 17.6. The number of rotatable bonds is 4. The molecule has 4 unspecified atom stereocenters. The molecule has 164 valence electrons. The molecule has 0 spiro atoms. The fourth-order valence-electron chi connectivity index (χ4n) is 5.36. The molecule has 0 aromatic heterocycles. The van der Waals surface area contributed by atoms with Crippen molar-refractivity contribution in [3.8, 4) is 5.75 Å². The van der Waals surface area contributed by atoms with Gasteiger partial charge in [-0.1, -0.05) is 18.2 Å². The van der Waals surface area contributed by atoms with Gasteiger partial charge in [-0.25, -0.2) is 18.0 Å². The average Bonchev–Trinajstić information content (AvgIpc) is 2.75. The van der Waals surface area contributed by atoms with Gasteiger partial charge in [0.2, 0.25) is 0 Å². The molecular formula is C26H27F3O2. The predicted molar refractivity (Wildman–Crippen MR) is 113 cm³/mol. The number of carbonyl (C=O) groups excluding carboxylic acids is 1.